The summed E-state index contributed by atoms with van der Waals surface area (Å²) in [5, 5.41) is 27.6. The molecule has 0 aromatic heterocycles. The van der Waals surface area contributed by atoms with Crippen molar-refractivity contribution in [2.75, 3.05) is 19.8 Å². The second-order valence-corrected chi connectivity index (χ2v) is 5.91. The molecule has 0 radical (unpaired) electrons. The van der Waals surface area contributed by atoms with Gasteiger partial charge in [-0.05, 0) is 6.42 Å². The van der Waals surface area contributed by atoms with Crippen LogP contribution in [-0.2, 0) is 0 Å². The summed E-state index contributed by atoms with van der Waals surface area (Å²) >= 11 is 0. The van der Waals surface area contributed by atoms with Crippen LogP contribution in [0.2, 0.25) is 0 Å². The Kier molecular flexibility index (Phi) is 12.8. The van der Waals surface area contributed by atoms with Gasteiger partial charge in [-0.25, -0.2) is 0 Å². The van der Waals surface area contributed by atoms with Gasteiger partial charge in [0.2, 0.25) is 0 Å². The summed E-state index contributed by atoms with van der Waals surface area (Å²) in [5.41, 5.74) is -0.667. The van der Waals surface area contributed by atoms with Crippen LogP contribution < -0.4 is 0 Å². The molecule has 0 unspecified atom stereocenters. The predicted molar refractivity (Wildman–Crippen MR) is 80.2 cm³/mol. The Morgan fingerprint density at radius 1 is 0.579 bits per heavy atom. The highest BCUT2D eigenvalue weighted by Gasteiger charge is 2.26. The first kappa shape index (κ1) is 18.9. The molecule has 0 saturated carbocycles. The Labute approximate surface area is 119 Å². The lowest BCUT2D eigenvalue weighted by molar-refractivity contribution is -0.00229. The van der Waals surface area contributed by atoms with E-state index in [2.05, 4.69) is 6.92 Å². The summed E-state index contributed by atoms with van der Waals surface area (Å²) < 4.78 is 0. The van der Waals surface area contributed by atoms with Gasteiger partial charge < -0.3 is 15.3 Å². The van der Waals surface area contributed by atoms with E-state index in [4.69, 9.17) is 0 Å². The van der Waals surface area contributed by atoms with Gasteiger partial charge in [-0.1, -0.05) is 71.1 Å². The minimum atomic E-state index is -0.667. The zero-order valence-corrected chi connectivity index (χ0v) is 12.7. The van der Waals surface area contributed by atoms with Crippen LogP contribution in [0.15, 0.2) is 0 Å². The molecule has 116 valence electrons. The molecular weight excluding hydrogens is 240 g/mol. The summed E-state index contributed by atoms with van der Waals surface area (Å²) in [7, 11) is 0. The number of rotatable bonds is 14. The van der Waals surface area contributed by atoms with Gasteiger partial charge in [-0.3, -0.25) is 0 Å². The first-order valence-electron chi connectivity index (χ1n) is 8.07. The lowest BCUT2D eigenvalue weighted by atomic mass is 9.85. The van der Waals surface area contributed by atoms with E-state index in [0.717, 1.165) is 12.8 Å². The second kappa shape index (κ2) is 12.9. The fourth-order valence-corrected chi connectivity index (χ4v) is 2.37. The number of aliphatic hydroxyl groups excluding tert-OH is 3. The fraction of sp³-hybridized carbons (Fsp3) is 1.00. The quantitative estimate of drug-likeness (QED) is 0.426. The maximum atomic E-state index is 9.20. The van der Waals surface area contributed by atoms with Crippen LogP contribution >= 0.6 is 0 Å². The standard InChI is InChI=1S/C16H34O3/c1-2-3-4-5-6-7-8-9-10-11-12-16(13-17,14-18)15-19/h17-19H,2-15H2,1H3. The molecule has 3 heteroatoms. The van der Waals surface area contributed by atoms with E-state index in [1.54, 1.807) is 0 Å². The second-order valence-electron chi connectivity index (χ2n) is 5.91. The molecule has 0 aromatic carbocycles. The third kappa shape index (κ3) is 9.42. The number of aliphatic hydroxyl groups is 3. The average molecular weight is 274 g/mol. The number of unbranched alkanes of at least 4 members (excludes halogenated alkanes) is 9. The molecule has 0 aliphatic rings. The first-order valence-corrected chi connectivity index (χ1v) is 8.07. The van der Waals surface area contributed by atoms with E-state index in [1.165, 1.54) is 51.4 Å². The lowest BCUT2D eigenvalue weighted by Crippen LogP contribution is -2.33. The zero-order chi connectivity index (χ0) is 14.4. The highest BCUT2D eigenvalue weighted by molar-refractivity contribution is 4.76. The van der Waals surface area contributed by atoms with Crippen LogP contribution in [0.3, 0.4) is 0 Å². The van der Waals surface area contributed by atoms with Gasteiger partial charge in [-0.15, -0.1) is 0 Å². The topological polar surface area (TPSA) is 60.7 Å². The molecule has 19 heavy (non-hydrogen) atoms. The van der Waals surface area contributed by atoms with E-state index in [1.807, 2.05) is 0 Å². The molecule has 0 rings (SSSR count). The van der Waals surface area contributed by atoms with Crippen LogP contribution in [-0.4, -0.2) is 35.1 Å². The molecular formula is C16H34O3. The molecule has 0 spiro atoms. The van der Waals surface area contributed by atoms with Crippen LogP contribution in [0.4, 0.5) is 0 Å². The molecule has 0 aliphatic heterocycles. The van der Waals surface area contributed by atoms with Crippen molar-refractivity contribution in [3.63, 3.8) is 0 Å². The Bertz CT molecular complexity index is 171. The highest BCUT2D eigenvalue weighted by atomic mass is 16.3. The third-order valence-corrected chi connectivity index (χ3v) is 4.07. The van der Waals surface area contributed by atoms with E-state index < -0.39 is 5.41 Å². The van der Waals surface area contributed by atoms with E-state index >= 15 is 0 Å². The lowest BCUT2D eigenvalue weighted by Gasteiger charge is -2.27. The molecule has 0 aromatic rings. The van der Waals surface area contributed by atoms with Gasteiger partial charge in [0.05, 0.1) is 19.8 Å². The van der Waals surface area contributed by atoms with Crippen LogP contribution in [0.1, 0.15) is 77.6 Å². The van der Waals surface area contributed by atoms with Crippen LogP contribution in [0, 0.1) is 5.41 Å². The highest BCUT2D eigenvalue weighted by Crippen LogP contribution is 2.23. The maximum Gasteiger partial charge on any atom is 0.0531 e. The molecule has 0 bridgehead atoms. The van der Waals surface area contributed by atoms with Crippen molar-refractivity contribution in [3.05, 3.63) is 0 Å². The summed E-state index contributed by atoms with van der Waals surface area (Å²) in [4.78, 5) is 0. The molecule has 0 saturated heterocycles. The largest absolute Gasteiger partial charge is 0.396 e. The van der Waals surface area contributed by atoms with Crippen molar-refractivity contribution in [1.82, 2.24) is 0 Å². The molecule has 3 nitrogen and oxygen atoms in total. The van der Waals surface area contributed by atoms with Crippen LogP contribution in [0.25, 0.3) is 0 Å². The van der Waals surface area contributed by atoms with Crippen molar-refractivity contribution >= 4 is 0 Å². The molecule has 0 heterocycles. The molecule has 0 atom stereocenters. The zero-order valence-electron chi connectivity index (χ0n) is 12.7. The van der Waals surface area contributed by atoms with E-state index in [0.29, 0.717) is 6.42 Å². The van der Waals surface area contributed by atoms with Gasteiger partial charge >= 0.3 is 0 Å². The van der Waals surface area contributed by atoms with Gasteiger partial charge in [0, 0.05) is 5.41 Å². The summed E-state index contributed by atoms with van der Waals surface area (Å²) in [5.74, 6) is 0. The minimum absolute atomic E-state index is 0.128. The third-order valence-electron chi connectivity index (χ3n) is 4.07. The van der Waals surface area contributed by atoms with Gasteiger partial charge in [0.15, 0.2) is 0 Å². The monoisotopic (exact) mass is 274 g/mol. The van der Waals surface area contributed by atoms with Gasteiger partial charge in [-0.2, -0.15) is 0 Å². The van der Waals surface area contributed by atoms with Crippen LogP contribution in [0.5, 0.6) is 0 Å². The Morgan fingerprint density at radius 2 is 0.947 bits per heavy atom. The predicted octanol–water partition coefficient (Wildman–Crippen LogP) is 3.26. The summed E-state index contributed by atoms with van der Waals surface area (Å²) in [6.45, 7) is 1.86. The van der Waals surface area contributed by atoms with Gasteiger partial charge in [0.1, 0.15) is 0 Å². The van der Waals surface area contributed by atoms with E-state index in [-0.39, 0.29) is 19.8 Å². The molecule has 3 N–H and O–H groups in total. The molecule has 0 aliphatic carbocycles. The summed E-state index contributed by atoms with van der Waals surface area (Å²) in [6.07, 6.45) is 13.5. The number of hydrogen-bond donors (Lipinski definition) is 3. The fourth-order valence-electron chi connectivity index (χ4n) is 2.37. The van der Waals surface area contributed by atoms with E-state index in [9.17, 15) is 15.3 Å². The van der Waals surface area contributed by atoms with Crippen molar-refractivity contribution in [1.29, 1.82) is 0 Å². The Hall–Kier alpha value is -0.120. The van der Waals surface area contributed by atoms with Crippen molar-refractivity contribution in [3.8, 4) is 0 Å². The normalized spacial score (nSPS) is 12.0. The van der Waals surface area contributed by atoms with Crippen molar-refractivity contribution in [2.45, 2.75) is 77.6 Å². The summed E-state index contributed by atoms with van der Waals surface area (Å²) in [6, 6.07) is 0. The SMILES string of the molecule is CCCCCCCCCCCCC(CO)(CO)CO. The average Bonchev–Trinajstić information content (AvgIpc) is 2.46. The minimum Gasteiger partial charge on any atom is -0.396 e. The van der Waals surface area contributed by atoms with Crippen molar-refractivity contribution in [2.24, 2.45) is 5.41 Å². The van der Waals surface area contributed by atoms with Gasteiger partial charge in [0.25, 0.3) is 0 Å². The maximum absolute atomic E-state index is 9.20. The number of hydrogen-bond acceptors (Lipinski definition) is 3. The Balaban J connectivity index is 3.35. The Morgan fingerprint density at radius 3 is 1.32 bits per heavy atom. The smallest absolute Gasteiger partial charge is 0.0531 e. The first-order chi connectivity index (χ1) is 9.24. The molecule has 0 fully saturated rings. The molecule has 0 amide bonds. The van der Waals surface area contributed by atoms with Crippen molar-refractivity contribution < 1.29 is 15.3 Å².